The van der Waals surface area contributed by atoms with Crippen LogP contribution in [0.25, 0.3) is 0 Å². The van der Waals surface area contributed by atoms with Crippen molar-refractivity contribution >= 4 is 34.8 Å². The highest BCUT2D eigenvalue weighted by atomic mass is 35.5. The van der Waals surface area contributed by atoms with Crippen LogP contribution in [0.3, 0.4) is 0 Å². The molecule has 1 aromatic carbocycles. The molecular formula is C17H26Cl2N2O3. The summed E-state index contributed by atoms with van der Waals surface area (Å²) in [6, 6.07) is 4.91. The Morgan fingerprint density at radius 3 is 2.67 bits per heavy atom. The molecule has 1 amide bonds. The summed E-state index contributed by atoms with van der Waals surface area (Å²) in [4.78, 5) is 14.1. The molecule has 136 valence electrons. The molecule has 24 heavy (non-hydrogen) atoms. The minimum absolute atomic E-state index is 0.0645. The van der Waals surface area contributed by atoms with E-state index in [2.05, 4.69) is 5.32 Å². The Labute approximate surface area is 153 Å². The number of aliphatic hydroxyl groups is 1. The maximum atomic E-state index is 12.2. The van der Waals surface area contributed by atoms with Crippen molar-refractivity contribution in [1.29, 1.82) is 0 Å². The summed E-state index contributed by atoms with van der Waals surface area (Å²) in [6.45, 7) is 7.37. The normalized spacial score (nSPS) is 12.7. The lowest BCUT2D eigenvalue weighted by Gasteiger charge is -2.24. The molecule has 1 atom stereocenters. The van der Waals surface area contributed by atoms with Crippen LogP contribution in [0, 0.1) is 0 Å². The van der Waals surface area contributed by atoms with Gasteiger partial charge in [0, 0.05) is 11.6 Å². The van der Waals surface area contributed by atoms with Gasteiger partial charge in [0.15, 0.2) is 0 Å². The molecule has 0 heterocycles. The molecule has 5 nitrogen and oxygen atoms in total. The maximum absolute atomic E-state index is 12.2. The van der Waals surface area contributed by atoms with E-state index in [1.807, 2.05) is 25.7 Å². The highest BCUT2D eigenvalue weighted by Gasteiger charge is 2.16. The van der Waals surface area contributed by atoms with Gasteiger partial charge in [-0.15, -0.1) is 0 Å². The molecule has 1 unspecified atom stereocenters. The Morgan fingerprint density at radius 1 is 1.38 bits per heavy atom. The van der Waals surface area contributed by atoms with Crippen LogP contribution in [0.15, 0.2) is 18.2 Å². The summed E-state index contributed by atoms with van der Waals surface area (Å²) in [5.74, 6) is -0.190. The fourth-order valence-corrected chi connectivity index (χ4v) is 2.64. The van der Waals surface area contributed by atoms with Gasteiger partial charge in [-0.1, -0.05) is 30.1 Å². The number of halogens is 2. The number of anilines is 1. The lowest BCUT2D eigenvalue weighted by molar-refractivity contribution is -0.117. The van der Waals surface area contributed by atoms with Gasteiger partial charge in [0.1, 0.15) is 0 Å². The van der Waals surface area contributed by atoms with Crippen molar-refractivity contribution in [3.8, 4) is 0 Å². The number of hydrogen-bond donors (Lipinski definition) is 2. The van der Waals surface area contributed by atoms with Crippen molar-refractivity contribution < 1.29 is 14.6 Å². The van der Waals surface area contributed by atoms with E-state index in [1.165, 1.54) is 0 Å². The standard InChI is InChI=1S/C17H26Cl2N2O3/c1-4-7-21(9-14(22)11-24-12(2)3)10-17(23)20-16-6-5-13(18)8-15(16)19/h5-6,8,12,14,22H,4,7,9-11H2,1-3H3,(H,20,23). The fourth-order valence-electron chi connectivity index (χ4n) is 2.19. The van der Waals surface area contributed by atoms with E-state index in [-0.39, 0.29) is 25.2 Å². The molecule has 0 radical (unpaired) electrons. The molecule has 2 N–H and O–H groups in total. The SMILES string of the molecule is CCCN(CC(=O)Nc1ccc(Cl)cc1Cl)CC(O)COC(C)C. The van der Waals surface area contributed by atoms with E-state index in [0.717, 1.165) is 6.42 Å². The van der Waals surface area contributed by atoms with Crippen LogP contribution in [0.5, 0.6) is 0 Å². The second-order valence-electron chi connectivity index (χ2n) is 5.94. The highest BCUT2D eigenvalue weighted by molar-refractivity contribution is 6.36. The number of ether oxygens (including phenoxy) is 1. The van der Waals surface area contributed by atoms with Gasteiger partial charge in [0.25, 0.3) is 0 Å². The van der Waals surface area contributed by atoms with Crippen LogP contribution in [0.1, 0.15) is 27.2 Å². The number of nitrogens with one attached hydrogen (secondary N) is 1. The van der Waals surface area contributed by atoms with Gasteiger partial charge < -0.3 is 15.2 Å². The van der Waals surface area contributed by atoms with Gasteiger partial charge >= 0.3 is 0 Å². The first-order valence-electron chi connectivity index (χ1n) is 8.08. The lowest BCUT2D eigenvalue weighted by Crippen LogP contribution is -2.40. The maximum Gasteiger partial charge on any atom is 0.238 e. The van der Waals surface area contributed by atoms with E-state index < -0.39 is 6.10 Å². The van der Waals surface area contributed by atoms with Gasteiger partial charge in [-0.05, 0) is 45.0 Å². The first kappa shape index (κ1) is 21.2. The highest BCUT2D eigenvalue weighted by Crippen LogP contribution is 2.25. The number of carbonyl (C=O) groups is 1. The van der Waals surface area contributed by atoms with E-state index in [1.54, 1.807) is 18.2 Å². The number of hydrogen-bond acceptors (Lipinski definition) is 4. The van der Waals surface area contributed by atoms with Gasteiger partial charge in [0.05, 0.1) is 36.1 Å². The number of nitrogens with zero attached hydrogens (tertiary/aromatic N) is 1. The van der Waals surface area contributed by atoms with Crippen molar-refractivity contribution in [2.45, 2.75) is 39.4 Å². The van der Waals surface area contributed by atoms with Crippen molar-refractivity contribution in [2.75, 3.05) is 31.6 Å². The molecule has 7 heteroatoms. The van der Waals surface area contributed by atoms with Crippen LogP contribution in [0.4, 0.5) is 5.69 Å². The molecule has 0 aliphatic rings. The molecule has 0 saturated heterocycles. The van der Waals surface area contributed by atoms with E-state index in [4.69, 9.17) is 27.9 Å². The Morgan fingerprint density at radius 2 is 2.08 bits per heavy atom. The van der Waals surface area contributed by atoms with Gasteiger partial charge in [0.2, 0.25) is 5.91 Å². The molecule has 0 aliphatic heterocycles. The first-order chi connectivity index (χ1) is 11.3. The fraction of sp³-hybridized carbons (Fsp3) is 0.588. The number of carbonyl (C=O) groups excluding carboxylic acids is 1. The first-order valence-corrected chi connectivity index (χ1v) is 8.84. The molecule has 0 aliphatic carbocycles. The second-order valence-corrected chi connectivity index (χ2v) is 6.79. The lowest BCUT2D eigenvalue weighted by atomic mass is 10.3. The molecule has 0 saturated carbocycles. The van der Waals surface area contributed by atoms with Crippen LogP contribution >= 0.6 is 23.2 Å². The van der Waals surface area contributed by atoms with Crippen LogP contribution in [-0.4, -0.2) is 54.4 Å². The molecule has 0 fully saturated rings. The summed E-state index contributed by atoms with van der Waals surface area (Å²) in [5.41, 5.74) is 0.520. The Kier molecular flexibility index (Phi) is 9.63. The minimum Gasteiger partial charge on any atom is -0.389 e. The van der Waals surface area contributed by atoms with Crippen molar-refractivity contribution in [1.82, 2.24) is 4.90 Å². The zero-order valence-electron chi connectivity index (χ0n) is 14.4. The molecule has 1 aromatic rings. The van der Waals surface area contributed by atoms with E-state index >= 15 is 0 Å². The molecule has 1 rings (SSSR count). The molecule has 0 bridgehead atoms. The number of benzene rings is 1. The molecule has 0 aromatic heterocycles. The summed E-state index contributed by atoms with van der Waals surface area (Å²) in [5, 5.41) is 13.7. The summed E-state index contributed by atoms with van der Waals surface area (Å²) in [7, 11) is 0. The van der Waals surface area contributed by atoms with Crippen molar-refractivity contribution in [2.24, 2.45) is 0 Å². The van der Waals surface area contributed by atoms with Crippen molar-refractivity contribution in [3.05, 3.63) is 28.2 Å². The molecule has 0 spiro atoms. The zero-order chi connectivity index (χ0) is 18.1. The van der Waals surface area contributed by atoms with Crippen molar-refractivity contribution in [3.63, 3.8) is 0 Å². The predicted octanol–water partition coefficient (Wildman–Crippen LogP) is 3.43. The summed E-state index contributed by atoms with van der Waals surface area (Å²) < 4.78 is 5.40. The summed E-state index contributed by atoms with van der Waals surface area (Å²) >= 11 is 11.9. The van der Waals surface area contributed by atoms with E-state index in [9.17, 15) is 9.90 Å². The van der Waals surface area contributed by atoms with Gasteiger partial charge in [-0.3, -0.25) is 9.69 Å². The Hall–Kier alpha value is -0.850. The number of amides is 1. The smallest absolute Gasteiger partial charge is 0.238 e. The Bertz CT molecular complexity index is 527. The minimum atomic E-state index is -0.633. The topological polar surface area (TPSA) is 61.8 Å². The largest absolute Gasteiger partial charge is 0.389 e. The van der Waals surface area contributed by atoms with E-state index in [0.29, 0.717) is 28.8 Å². The average molecular weight is 377 g/mol. The predicted molar refractivity (Wildman–Crippen MR) is 98.9 cm³/mol. The number of aliphatic hydroxyl groups excluding tert-OH is 1. The second kappa shape index (κ2) is 10.9. The van der Waals surface area contributed by atoms with Gasteiger partial charge in [-0.25, -0.2) is 0 Å². The third kappa shape index (κ3) is 8.31. The summed E-state index contributed by atoms with van der Waals surface area (Å²) in [6.07, 6.45) is 0.313. The Balaban J connectivity index is 2.55. The van der Waals surface area contributed by atoms with Crippen LogP contribution in [0.2, 0.25) is 10.0 Å². The number of rotatable bonds is 10. The third-order valence-corrected chi connectivity index (χ3v) is 3.75. The van der Waals surface area contributed by atoms with Gasteiger partial charge in [-0.2, -0.15) is 0 Å². The third-order valence-electron chi connectivity index (χ3n) is 3.20. The van der Waals surface area contributed by atoms with Crippen LogP contribution in [-0.2, 0) is 9.53 Å². The van der Waals surface area contributed by atoms with Crippen LogP contribution < -0.4 is 5.32 Å². The monoisotopic (exact) mass is 376 g/mol. The average Bonchev–Trinajstić information content (AvgIpc) is 2.48. The zero-order valence-corrected chi connectivity index (χ0v) is 15.9. The quantitative estimate of drug-likeness (QED) is 0.656. The molecular weight excluding hydrogens is 351 g/mol.